The van der Waals surface area contributed by atoms with Gasteiger partial charge in [-0.2, -0.15) is 13.2 Å². The van der Waals surface area contributed by atoms with E-state index in [1.807, 2.05) is 22.1 Å². The van der Waals surface area contributed by atoms with Crippen LogP contribution in [0.25, 0.3) is 5.57 Å². The molecule has 0 saturated heterocycles. The summed E-state index contributed by atoms with van der Waals surface area (Å²) in [5, 5.41) is 0. The number of alkyl halides is 4. The van der Waals surface area contributed by atoms with Crippen LogP contribution in [0, 0.1) is 5.82 Å². The molecule has 0 aromatic heterocycles. The summed E-state index contributed by atoms with van der Waals surface area (Å²) >= 11 is 6.48. The normalized spacial score (nSPS) is 20.8. The number of rotatable bonds is 4. The molecule has 24 heavy (non-hydrogen) atoms. The highest BCUT2D eigenvalue weighted by atomic mass is 35.5. The molecule has 1 unspecified atom stereocenters. The van der Waals surface area contributed by atoms with E-state index >= 15 is 0 Å². The van der Waals surface area contributed by atoms with Crippen LogP contribution < -0.4 is 0 Å². The van der Waals surface area contributed by atoms with Crippen molar-refractivity contribution in [2.75, 3.05) is 19.6 Å². The summed E-state index contributed by atoms with van der Waals surface area (Å²) in [5.74, 6) is -0.329. The van der Waals surface area contributed by atoms with Gasteiger partial charge in [0, 0.05) is 32.3 Å². The molecule has 0 N–H and O–H groups in total. The highest BCUT2D eigenvalue weighted by Crippen LogP contribution is 2.37. The highest BCUT2D eigenvalue weighted by Gasteiger charge is 2.32. The van der Waals surface area contributed by atoms with Crippen molar-refractivity contribution in [3.05, 3.63) is 53.6 Å². The Kier molecular flexibility index (Phi) is 4.76. The van der Waals surface area contributed by atoms with Crippen LogP contribution in [0.3, 0.4) is 0 Å². The summed E-state index contributed by atoms with van der Waals surface area (Å²) < 4.78 is 50.2. The Morgan fingerprint density at radius 2 is 2.00 bits per heavy atom. The highest BCUT2D eigenvalue weighted by molar-refractivity contribution is 6.27. The van der Waals surface area contributed by atoms with E-state index in [2.05, 4.69) is 0 Å². The summed E-state index contributed by atoms with van der Waals surface area (Å²) in [6.07, 6.45) is -1.12. The maximum absolute atomic E-state index is 13.4. The van der Waals surface area contributed by atoms with Crippen molar-refractivity contribution in [1.29, 1.82) is 0 Å². The smallest absolute Gasteiger partial charge is 0.374 e. The van der Waals surface area contributed by atoms with Crippen LogP contribution in [-0.4, -0.2) is 41.1 Å². The maximum atomic E-state index is 13.4. The second-order valence-corrected chi connectivity index (χ2v) is 6.36. The summed E-state index contributed by atoms with van der Waals surface area (Å²) in [6, 6.07) is 6.23. The van der Waals surface area contributed by atoms with Gasteiger partial charge in [-0.1, -0.05) is 23.7 Å². The number of hydrogen-bond acceptors (Lipinski definition) is 2. The summed E-state index contributed by atoms with van der Waals surface area (Å²) in [7, 11) is 0. The molecule has 2 nitrogen and oxygen atoms in total. The zero-order valence-corrected chi connectivity index (χ0v) is 13.6. The van der Waals surface area contributed by atoms with E-state index in [9.17, 15) is 17.6 Å². The van der Waals surface area contributed by atoms with Gasteiger partial charge in [-0.3, -0.25) is 0 Å². The standard InChI is InChI=1S/C17H17ClF4N2/c18-16-15(12-3-1-4-13(19)9-12)10-14-11-23(7-8-24(14)16)6-2-5-17(20,21)22/h1,3-4,9-11,16H,2,5-8H2. The molecule has 0 fully saturated rings. The van der Waals surface area contributed by atoms with Gasteiger partial charge < -0.3 is 9.80 Å². The van der Waals surface area contributed by atoms with Crippen LogP contribution in [-0.2, 0) is 0 Å². The van der Waals surface area contributed by atoms with Gasteiger partial charge in [0.25, 0.3) is 0 Å². The number of hydrogen-bond donors (Lipinski definition) is 0. The van der Waals surface area contributed by atoms with Gasteiger partial charge in [-0.15, -0.1) is 0 Å². The minimum Gasteiger partial charge on any atom is -0.374 e. The van der Waals surface area contributed by atoms with Crippen LogP contribution in [0.1, 0.15) is 18.4 Å². The minimum atomic E-state index is -4.12. The van der Waals surface area contributed by atoms with Gasteiger partial charge in [-0.05, 0) is 35.8 Å². The number of halogens is 5. The van der Waals surface area contributed by atoms with E-state index in [0.29, 0.717) is 25.2 Å². The second-order valence-electron chi connectivity index (χ2n) is 5.95. The summed E-state index contributed by atoms with van der Waals surface area (Å²) in [6.45, 7) is 1.60. The van der Waals surface area contributed by atoms with Crippen molar-refractivity contribution >= 4 is 17.2 Å². The van der Waals surface area contributed by atoms with Crippen molar-refractivity contribution in [3.63, 3.8) is 0 Å². The predicted octanol–water partition coefficient (Wildman–Crippen LogP) is 4.59. The zero-order valence-electron chi connectivity index (χ0n) is 12.9. The molecule has 0 saturated carbocycles. The lowest BCUT2D eigenvalue weighted by molar-refractivity contribution is -0.135. The fraction of sp³-hybridized carbons (Fsp3) is 0.412. The van der Waals surface area contributed by atoms with E-state index in [-0.39, 0.29) is 12.2 Å². The van der Waals surface area contributed by atoms with Crippen molar-refractivity contribution < 1.29 is 17.6 Å². The van der Waals surface area contributed by atoms with E-state index in [0.717, 1.165) is 11.3 Å². The van der Waals surface area contributed by atoms with Gasteiger partial charge in [-0.25, -0.2) is 4.39 Å². The first-order valence-corrected chi connectivity index (χ1v) is 8.18. The number of allylic oxidation sites excluding steroid dienone is 1. The first kappa shape index (κ1) is 17.1. The van der Waals surface area contributed by atoms with Crippen molar-refractivity contribution in [1.82, 2.24) is 9.80 Å². The van der Waals surface area contributed by atoms with Crippen molar-refractivity contribution in [2.45, 2.75) is 24.5 Å². The van der Waals surface area contributed by atoms with E-state index in [4.69, 9.17) is 11.6 Å². The number of fused-ring (bicyclic) bond motifs is 1. The minimum absolute atomic E-state index is 0.0675. The van der Waals surface area contributed by atoms with Crippen molar-refractivity contribution in [2.24, 2.45) is 0 Å². The molecule has 1 atom stereocenters. The van der Waals surface area contributed by atoms with Crippen LogP contribution >= 0.6 is 11.6 Å². The Morgan fingerprint density at radius 3 is 2.71 bits per heavy atom. The predicted molar refractivity (Wildman–Crippen MR) is 85.7 cm³/mol. The molecule has 2 aliphatic rings. The Morgan fingerprint density at radius 1 is 1.21 bits per heavy atom. The summed E-state index contributed by atoms with van der Waals surface area (Å²) in [4.78, 5) is 3.86. The fourth-order valence-electron chi connectivity index (χ4n) is 3.00. The molecule has 7 heteroatoms. The first-order valence-electron chi connectivity index (χ1n) is 7.74. The van der Waals surface area contributed by atoms with E-state index in [1.54, 1.807) is 12.1 Å². The topological polar surface area (TPSA) is 6.48 Å². The molecule has 0 bridgehead atoms. The largest absolute Gasteiger partial charge is 0.389 e. The van der Waals surface area contributed by atoms with Crippen molar-refractivity contribution in [3.8, 4) is 0 Å². The molecular weight excluding hydrogens is 344 g/mol. The second kappa shape index (κ2) is 6.67. The Balaban J connectivity index is 1.72. The Bertz CT molecular complexity index is 669. The molecule has 0 aliphatic carbocycles. The van der Waals surface area contributed by atoms with Gasteiger partial charge in [0.15, 0.2) is 0 Å². The van der Waals surface area contributed by atoms with Gasteiger partial charge >= 0.3 is 6.18 Å². The molecule has 0 amide bonds. The van der Waals surface area contributed by atoms with E-state index < -0.39 is 18.1 Å². The third-order valence-electron chi connectivity index (χ3n) is 4.17. The molecule has 0 radical (unpaired) electrons. The lowest BCUT2D eigenvalue weighted by Crippen LogP contribution is -2.39. The van der Waals surface area contributed by atoms with Gasteiger partial charge in [0.2, 0.25) is 0 Å². The van der Waals surface area contributed by atoms with Crippen LogP contribution in [0.2, 0.25) is 0 Å². The van der Waals surface area contributed by atoms with Gasteiger partial charge in [0.1, 0.15) is 11.3 Å². The van der Waals surface area contributed by atoms with Crippen LogP contribution in [0.4, 0.5) is 17.6 Å². The molecule has 2 heterocycles. The number of nitrogens with zero attached hydrogens (tertiary/aromatic N) is 2. The quantitative estimate of drug-likeness (QED) is 0.440. The van der Waals surface area contributed by atoms with E-state index in [1.165, 1.54) is 12.1 Å². The maximum Gasteiger partial charge on any atom is 0.389 e. The third-order valence-corrected chi connectivity index (χ3v) is 4.64. The molecule has 1 aromatic carbocycles. The molecular formula is C17H17ClF4N2. The first-order chi connectivity index (χ1) is 11.3. The number of benzene rings is 1. The third kappa shape index (κ3) is 3.86. The zero-order chi connectivity index (χ0) is 17.3. The monoisotopic (exact) mass is 360 g/mol. The average Bonchev–Trinajstić information content (AvgIpc) is 2.83. The molecule has 1 aromatic rings. The SMILES string of the molecule is Fc1cccc(C2=CC3=CN(CCCC(F)(F)F)CCN3C2Cl)c1. The fourth-order valence-corrected chi connectivity index (χ4v) is 3.40. The average molecular weight is 361 g/mol. The lowest BCUT2D eigenvalue weighted by atomic mass is 10.1. The molecule has 0 spiro atoms. The van der Waals surface area contributed by atoms with Gasteiger partial charge in [0.05, 0.1) is 5.70 Å². The van der Waals surface area contributed by atoms with Crippen LogP contribution in [0.5, 0.6) is 0 Å². The van der Waals surface area contributed by atoms with Crippen LogP contribution in [0.15, 0.2) is 42.2 Å². The Labute approximate surface area is 143 Å². The lowest BCUT2D eigenvalue weighted by Gasteiger charge is -2.34. The molecule has 3 rings (SSSR count). The molecule has 2 aliphatic heterocycles. The Hall–Kier alpha value is -1.69. The molecule has 130 valence electrons. The summed E-state index contributed by atoms with van der Waals surface area (Å²) in [5.41, 5.74) is 1.98.